The molecule has 1 atom stereocenters. The molecule has 1 fully saturated rings. The molecular weight excluding hydrogens is 452 g/mol. The Hall–Kier alpha value is -2.75. The predicted molar refractivity (Wildman–Crippen MR) is 121 cm³/mol. The van der Waals surface area contributed by atoms with Gasteiger partial charge in [-0.1, -0.05) is 34.5 Å². The van der Waals surface area contributed by atoms with Crippen molar-refractivity contribution in [2.75, 3.05) is 18.4 Å². The third-order valence-electron chi connectivity index (χ3n) is 5.41. The van der Waals surface area contributed by atoms with Crippen LogP contribution >= 0.6 is 11.6 Å². The van der Waals surface area contributed by atoms with Crippen molar-refractivity contribution in [3.05, 3.63) is 58.9 Å². The van der Waals surface area contributed by atoms with E-state index < -0.39 is 15.9 Å². The number of nitrogens with zero attached hydrogens (tertiary/aromatic N) is 3. The molecule has 4 rings (SSSR count). The summed E-state index contributed by atoms with van der Waals surface area (Å²) in [6, 6.07) is 12.1. The van der Waals surface area contributed by atoms with Crippen LogP contribution in [0.15, 0.2) is 51.9 Å². The van der Waals surface area contributed by atoms with Crippen LogP contribution in [0.1, 0.15) is 24.3 Å². The highest BCUT2D eigenvalue weighted by Crippen LogP contribution is 2.31. The minimum atomic E-state index is -3.93. The van der Waals surface area contributed by atoms with E-state index in [-0.39, 0.29) is 28.2 Å². The van der Waals surface area contributed by atoms with Crippen LogP contribution < -0.4 is 5.32 Å². The highest BCUT2D eigenvalue weighted by molar-refractivity contribution is 7.89. The molecule has 1 N–H and O–H groups in total. The topological polar surface area (TPSA) is 105 Å². The van der Waals surface area contributed by atoms with Crippen LogP contribution in [0, 0.1) is 19.8 Å². The van der Waals surface area contributed by atoms with E-state index in [9.17, 15) is 13.2 Å². The van der Waals surface area contributed by atoms with Gasteiger partial charge < -0.3 is 9.84 Å². The summed E-state index contributed by atoms with van der Waals surface area (Å²) in [5.74, 6) is -0.0000487. The molecule has 168 valence electrons. The van der Waals surface area contributed by atoms with E-state index in [2.05, 4.69) is 15.5 Å². The van der Waals surface area contributed by atoms with Gasteiger partial charge in [0.2, 0.25) is 27.6 Å². The van der Waals surface area contributed by atoms with Crippen LogP contribution in [0.4, 0.5) is 5.69 Å². The lowest BCUT2D eigenvalue weighted by Gasteiger charge is -2.31. The second kappa shape index (κ2) is 9.01. The van der Waals surface area contributed by atoms with Gasteiger partial charge in [-0.05, 0) is 50.1 Å². The number of hydrogen-bond acceptors (Lipinski definition) is 6. The number of sulfonamides is 1. The van der Waals surface area contributed by atoms with Crippen molar-refractivity contribution < 1.29 is 17.7 Å². The Labute approximate surface area is 191 Å². The number of aromatic nitrogens is 2. The number of anilines is 1. The molecule has 0 bridgehead atoms. The molecule has 0 unspecified atom stereocenters. The fourth-order valence-corrected chi connectivity index (χ4v) is 5.68. The largest absolute Gasteiger partial charge is 0.339 e. The number of hydrogen-bond donors (Lipinski definition) is 1. The van der Waals surface area contributed by atoms with Crippen molar-refractivity contribution in [3.8, 4) is 11.4 Å². The number of carbonyl (C=O) groups is 1. The van der Waals surface area contributed by atoms with Crippen LogP contribution in [0.2, 0.25) is 5.02 Å². The highest BCUT2D eigenvalue weighted by Gasteiger charge is 2.34. The zero-order valence-electron chi connectivity index (χ0n) is 17.7. The molecule has 1 saturated heterocycles. The normalized spacial score (nSPS) is 17.3. The SMILES string of the molecule is Cc1ccc(NC(=O)[C@H]2CCCN(S(=O)(=O)c3cc(-c4noc(C)n4)ccc3Cl)C2)cc1. The first-order valence-electron chi connectivity index (χ1n) is 10.2. The quantitative estimate of drug-likeness (QED) is 0.598. The molecule has 0 spiro atoms. The first-order chi connectivity index (χ1) is 15.2. The van der Waals surface area contributed by atoms with Gasteiger partial charge in [0.25, 0.3) is 0 Å². The van der Waals surface area contributed by atoms with Gasteiger partial charge >= 0.3 is 0 Å². The van der Waals surface area contributed by atoms with Crippen molar-refractivity contribution in [2.45, 2.75) is 31.6 Å². The Kier molecular flexibility index (Phi) is 6.32. The lowest BCUT2D eigenvalue weighted by atomic mass is 9.98. The number of halogens is 1. The van der Waals surface area contributed by atoms with Crippen molar-refractivity contribution in [2.24, 2.45) is 5.92 Å². The maximum Gasteiger partial charge on any atom is 0.244 e. The average Bonchev–Trinajstić information content (AvgIpc) is 3.22. The van der Waals surface area contributed by atoms with Crippen LogP contribution in [-0.2, 0) is 14.8 Å². The molecule has 1 amide bonds. The number of benzene rings is 2. The van der Waals surface area contributed by atoms with Gasteiger partial charge in [-0.2, -0.15) is 9.29 Å². The minimum Gasteiger partial charge on any atom is -0.339 e. The summed E-state index contributed by atoms with van der Waals surface area (Å²) in [7, 11) is -3.93. The van der Waals surface area contributed by atoms with Gasteiger partial charge in [-0.25, -0.2) is 8.42 Å². The van der Waals surface area contributed by atoms with Crippen molar-refractivity contribution >= 4 is 33.2 Å². The third-order valence-corrected chi connectivity index (χ3v) is 7.76. The monoisotopic (exact) mass is 474 g/mol. The molecular formula is C22H23ClN4O4S. The van der Waals surface area contributed by atoms with Gasteiger partial charge in [0.05, 0.1) is 10.9 Å². The Morgan fingerprint density at radius 2 is 1.94 bits per heavy atom. The van der Waals surface area contributed by atoms with E-state index in [1.807, 2.05) is 31.2 Å². The van der Waals surface area contributed by atoms with Gasteiger partial charge in [0, 0.05) is 31.3 Å². The summed E-state index contributed by atoms with van der Waals surface area (Å²) in [4.78, 5) is 16.9. The Balaban J connectivity index is 1.55. The predicted octanol–water partition coefficient (Wildman–Crippen LogP) is 4.05. The first-order valence-corrected chi connectivity index (χ1v) is 12.0. The van der Waals surface area contributed by atoms with Crippen molar-refractivity contribution in [3.63, 3.8) is 0 Å². The van der Waals surface area contributed by atoms with Crippen LogP contribution in [0.5, 0.6) is 0 Å². The van der Waals surface area contributed by atoms with Crippen LogP contribution in [-0.4, -0.2) is 41.9 Å². The molecule has 1 aromatic heterocycles. The molecule has 1 aliphatic heterocycles. The fourth-order valence-electron chi connectivity index (χ4n) is 3.65. The van der Waals surface area contributed by atoms with Crippen LogP contribution in [0.25, 0.3) is 11.4 Å². The number of carbonyl (C=O) groups excluding carboxylic acids is 1. The maximum atomic E-state index is 13.4. The van der Waals surface area contributed by atoms with E-state index in [0.29, 0.717) is 36.5 Å². The summed E-state index contributed by atoms with van der Waals surface area (Å²) < 4.78 is 33.1. The number of piperidine rings is 1. The van der Waals surface area contributed by atoms with E-state index in [1.165, 1.54) is 16.4 Å². The maximum absolute atomic E-state index is 13.4. The van der Waals surface area contributed by atoms with Crippen LogP contribution in [0.3, 0.4) is 0 Å². The molecule has 8 nitrogen and oxygen atoms in total. The summed E-state index contributed by atoms with van der Waals surface area (Å²) in [5, 5.41) is 6.82. The van der Waals surface area contributed by atoms with E-state index in [4.69, 9.17) is 16.1 Å². The molecule has 0 saturated carbocycles. The second-order valence-corrected chi connectivity index (χ2v) is 10.2. The van der Waals surface area contributed by atoms with Crippen molar-refractivity contribution in [1.82, 2.24) is 14.4 Å². The lowest BCUT2D eigenvalue weighted by molar-refractivity contribution is -0.120. The molecule has 32 heavy (non-hydrogen) atoms. The first kappa shape index (κ1) is 22.4. The molecule has 0 radical (unpaired) electrons. The Bertz CT molecular complexity index is 1240. The smallest absolute Gasteiger partial charge is 0.244 e. The number of amides is 1. The van der Waals surface area contributed by atoms with Gasteiger partial charge in [-0.3, -0.25) is 4.79 Å². The third kappa shape index (κ3) is 4.69. The van der Waals surface area contributed by atoms with Gasteiger partial charge in [-0.15, -0.1) is 0 Å². The van der Waals surface area contributed by atoms with E-state index in [0.717, 1.165) is 5.56 Å². The highest BCUT2D eigenvalue weighted by atomic mass is 35.5. The van der Waals surface area contributed by atoms with E-state index in [1.54, 1.807) is 13.0 Å². The van der Waals surface area contributed by atoms with Crippen molar-refractivity contribution in [1.29, 1.82) is 0 Å². The molecule has 1 aliphatic rings. The summed E-state index contributed by atoms with van der Waals surface area (Å²) in [5.41, 5.74) is 2.26. The molecule has 2 heterocycles. The summed E-state index contributed by atoms with van der Waals surface area (Å²) >= 11 is 6.26. The Morgan fingerprint density at radius 1 is 1.19 bits per heavy atom. The minimum absolute atomic E-state index is 0.0429. The van der Waals surface area contributed by atoms with E-state index >= 15 is 0 Å². The zero-order chi connectivity index (χ0) is 22.9. The zero-order valence-corrected chi connectivity index (χ0v) is 19.3. The second-order valence-electron chi connectivity index (χ2n) is 7.84. The lowest BCUT2D eigenvalue weighted by Crippen LogP contribution is -2.43. The average molecular weight is 475 g/mol. The number of aryl methyl sites for hydroxylation is 2. The number of nitrogens with one attached hydrogen (secondary N) is 1. The Morgan fingerprint density at radius 3 is 2.62 bits per heavy atom. The summed E-state index contributed by atoms with van der Waals surface area (Å²) in [6.45, 7) is 4.02. The molecule has 0 aliphatic carbocycles. The number of rotatable bonds is 5. The molecule has 2 aromatic carbocycles. The van der Waals surface area contributed by atoms with Gasteiger partial charge in [0.15, 0.2) is 0 Å². The molecule has 10 heteroatoms. The standard InChI is InChI=1S/C22H23ClN4O4S/c1-14-5-8-18(9-6-14)25-22(28)17-4-3-11-27(13-17)32(29,30)20-12-16(7-10-19(20)23)21-24-15(2)31-26-21/h5-10,12,17H,3-4,11,13H2,1-2H3,(H,25,28)/t17-/m0/s1. The molecule has 3 aromatic rings. The fraction of sp³-hybridized carbons (Fsp3) is 0.318. The summed E-state index contributed by atoms with van der Waals surface area (Å²) in [6.07, 6.45) is 1.19. The van der Waals surface area contributed by atoms with Gasteiger partial charge in [0.1, 0.15) is 4.90 Å².